The molecule has 3 heteroatoms. The van der Waals surface area contributed by atoms with Gasteiger partial charge in [-0.1, -0.05) is 36.3 Å². The smallest absolute Gasteiger partial charge is 0.408 e. The molecule has 0 radical (unpaired) electrons. The van der Waals surface area contributed by atoms with Crippen LogP contribution in [0.1, 0.15) is 45.2 Å². The predicted octanol–water partition coefficient (Wildman–Crippen LogP) is 3.67. The molecule has 3 nitrogen and oxygen atoms in total. The number of benzene rings is 1. The van der Waals surface area contributed by atoms with Gasteiger partial charge in [0.1, 0.15) is 5.60 Å². The highest BCUT2D eigenvalue weighted by atomic mass is 16.6. The first-order chi connectivity index (χ1) is 9.36. The molecule has 0 aromatic heterocycles. The normalized spacial score (nSPS) is 17.7. The Morgan fingerprint density at radius 3 is 2.40 bits per heavy atom. The Balaban J connectivity index is 2.18. The van der Waals surface area contributed by atoms with E-state index in [0.29, 0.717) is 0 Å². The Labute approximate surface area is 120 Å². The summed E-state index contributed by atoms with van der Waals surface area (Å²) < 4.78 is 5.34. The molecule has 1 N–H and O–H groups in total. The third kappa shape index (κ3) is 3.33. The zero-order chi connectivity index (χ0) is 14.8. The van der Waals surface area contributed by atoms with Crippen molar-refractivity contribution in [1.82, 2.24) is 5.32 Å². The van der Waals surface area contributed by atoms with Gasteiger partial charge in [0.05, 0.1) is 11.5 Å². The largest absolute Gasteiger partial charge is 0.444 e. The van der Waals surface area contributed by atoms with Crippen LogP contribution < -0.4 is 5.32 Å². The fourth-order valence-corrected chi connectivity index (χ4v) is 2.26. The second kappa shape index (κ2) is 5.20. The molecule has 0 saturated heterocycles. The highest BCUT2D eigenvalue weighted by Gasteiger charge is 2.49. The molecule has 1 aliphatic carbocycles. The molecule has 20 heavy (non-hydrogen) atoms. The molecule has 0 aliphatic heterocycles. The summed E-state index contributed by atoms with van der Waals surface area (Å²) in [5.41, 5.74) is 0.241. The van der Waals surface area contributed by atoms with Gasteiger partial charge in [0, 0.05) is 0 Å². The minimum Gasteiger partial charge on any atom is -0.444 e. The molecule has 2 rings (SSSR count). The number of nitrogens with one attached hydrogen (secondary N) is 1. The molecule has 0 heterocycles. The van der Waals surface area contributed by atoms with Gasteiger partial charge < -0.3 is 10.1 Å². The van der Waals surface area contributed by atoms with Gasteiger partial charge in [0.15, 0.2) is 0 Å². The standard InChI is InChI=1S/C17H21NO2/c1-5-17(11-12-17)14(13-9-7-6-8-10-13)18-15(19)20-16(2,3)4/h1,6-10,14H,11-12H2,2-4H3,(H,18,19). The molecule has 0 spiro atoms. The SMILES string of the molecule is C#CC1(C(NC(=O)OC(C)(C)C)c2ccccc2)CC1. The maximum Gasteiger partial charge on any atom is 0.408 e. The van der Waals surface area contributed by atoms with Crippen molar-refractivity contribution in [3.05, 3.63) is 35.9 Å². The predicted molar refractivity (Wildman–Crippen MR) is 79.1 cm³/mol. The average Bonchev–Trinajstić information content (AvgIpc) is 3.16. The molecular formula is C17H21NO2. The number of rotatable bonds is 3. The second-order valence-electron chi connectivity index (χ2n) is 6.29. The van der Waals surface area contributed by atoms with Crippen LogP contribution in [-0.4, -0.2) is 11.7 Å². The topological polar surface area (TPSA) is 38.3 Å². The van der Waals surface area contributed by atoms with Crippen LogP contribution in [0.3, 0.4) is 0 Å². The van der Waals surface area contributed by atoms with Crippen LogP contribution in [0.5, 0.6) is 0 Å². The molecule has 1 aromatic rings. The van der Waals surface area contributed by atoms with E-state index in [-0.39, 0.29) is 11.5 Å². The minimum absolute atomic E-state index is 0.191. The van der Waals surface area contributed by atoms with E-state index in [9.17, 15) is 4.79 Å². The first-order valence-corrected chi connectivity index (χ1v) is 6.88. The molecule has 106 valence electrons. The van der Waals surface area contributed by atoms with Gasteiger partial charge in [-0.2, -0.15) is 0 Å². The van der Waals surface area contributed by atoms with Gasteiger partial charge in [0.2, 0.25) is 0 Å². The quantitative estimate of drug-likeness (QED) is 0.852. The summed E-state index contributed by atoms with van der Waals surface area (Å²) >= 11 is 0. The van der Waals surface area contributed by atoms with Crippen LogP contribution >= 0.6 is 0 Å². The molecule has 1 aliphatic rings. The van der Waals surface area contributed by atoms with E-state index in [1.165, 1.54) is 0 Å². The number of alkyl carbamates (subject to hydrolysis) is 1. The molecule has 1 fully saturated rings. The van der Waals surface area contributed by atoms with Gasteiger partial charge in [-0.3, -0.25) is 0 Å². The van der Waals surface area contributed by atoms with Gasteiger partial charge >= 0.3 is 6.09 Å². The zero-order valence-electron chi connectivity index (χ0n) is 12.3. The van der Waals surface area contributed by atoms with Gasteiger partial charge in [-0.15, -0.1) is 6.42 Å². The first kappa shape index (κ1) is 14.5. The van der Waals surface area contributed by atoms with Crippen molar-refractivity contribution < 1.29 is 9.53 Å². The maximum absolute atomic E-state index is 12.0. The summed E-state index contributed by atoms with van der Waals surface area (Å²) in [7, 11) is 0. The summed E-state index contributed by atoms with van der Waals surface area (Å²) in [6, 6.07) is 9.63. The molecule has 1 saturated carbocycles. The molecule has 1 aromatic carbocycles. The van der Waals surface area contributed by atoms with Crippen molar-refractivity contribution in [3.63, 3.8) is 0 Å². The summed E-state index contributed by atoms with van der Waals surface area (Å²) in [4.78, 5) is 12.0. The fraction of sp³-hybridized carbons (Fsp3) is 0.471. The van der Waals surface area contributed by atoms with E-state index in [1.807, 2.05) is 51.1 Å². The first-order valence-electron chi connectivity index (χ1n) is 6.88. The summed E-state index contributed by atoms with van der Waals surface area (Å²) in [6.45, 7) is 5.54. The van der Waals surface area contributed by atoms with Crippen molar-refractivity contribution in [2.75, 3.05) is 0 Å². The highest BCUT2D eigenvalue weighted by molar-refractivity contribution is 5.69. The van der Waals surface area contributed by atoms with E-state index in [4.69, 9.17) is 11.2 Å². The number of amides is 1. The maximum atomic E-state index is 12.0. The monoisotopic (exact) mass is 271 g/mol. The van der Waals surface area contributed by atoms with E-state index < -0.39 is 11.7 Å². The van der Waals surface area contributed by atoms with Crippen molar-refractivity contribution in [1.29, 1.82) is 0 Å². The zero-order valence-corrected chi connectivity index (χ0v) is 12.3. The van der Waals surface area contributed by atoms with Crippen LogP contribution in [0.2, 0.25) is 0 Å². The van der Waals surface area contributed by atoms with E-state index in [2.05, 4.69) is 11.2 Å². The van der Waals surface area contributed by atoms with Crippen LogP contribution in [0.25, 0.3) is 0 Å². The third-order valence-electron chi connectivity index (χ3n) is 3.42. The van der Waals surface area contributed by atoms with Crippen molar-refractivity contribution >= 4 is 6.09 Å². The number of hydrogen-bond donors (Lipinski definition) is 1. The van der Waals surface area contributed by atoms with Crippen LogP contribution in [0.4, 0.5) is 4.79 Å². The third-order valence-corrected chi connectivity index (χ3v) is 3.42. The van der Waals surface area contributed by atoms with Gasteiger partial charge in [-0.05, 0) is 39.2 Å². The average molecular weight is 271 g/mol. The van der Waals surface area contributed by atoms with Crippen molar-refractivity contribution in [3.8, 4) is 12.3 Å². The van der Waals surface area contributed by atoms with E-state index in [0.717, 1.165) is 18.4 Å². The van der Waals surface area contributed by atoms with Crippen molar-refractivity contribution in [2.24, 2.45) is 5.41 Å². The van der Waals surface area contributed by atoms with Crippen LogP contribution in [0.15, 0.2) is 30.3 Å². The number of carbonyl (C=O) groups is 1. The number of ether oxygens (including phenoxy) is 1. The Bertz CT molecular complexity index is 518. The summed E-state index contributed by atoms with van der Waals surface area (Å²) in [5, 5.41) is 2.94. The van der Waals surface area contributed by atoms with Crippen LogP contribution in [-0.2, 0) is 4.74 Å². The Morgan fingerprint density at radius 2 is 1.95 bits per heavy atom. The Kier molecular flexibility index (Phi) is 3.76. The number of hydrogen-bond acceptors (Lipinski definition) is 2. The van der Waals surface area contributed by atoms with Gasteiger partial charge in [0.25, 0.3) is 0 Å². The lowest BCUT2D eigenvalue weighted by molar-refractivity contribution is 0.0488. The Hall–Kier alpha value is -1.95. The summed E-state index contributed by atoms with van der Waals surface area (Å²) in [5.74, 6) is 2.85. The minimum atomic E-state index is -0.516. The van der Waals surface area contributed by atoms with Crippen molar-refractivity contribution in [2.45, 2.75) is 45.3 Å². The number of carbonyl (C=O) groups excluding carboxylic acids is 1. The second-order valence-corrected chi connectivity index (χ2v) is 6.29. The molecular weight excluding hydrogens is 250 g/mol. The van der Waals surface area contributed by atoms with Gasteiger partial charge in [-0.25, -0.2) is 4.79 Å². The Morgan fingerprint density at radius 1 is 1.35 bits per heavy atom. The molecule has 1 unspecified atom stereocenters. The molecule has 1 amide bonds. The highest BCUT2D eigenvalue weighted by Crippen LogP contribution is 2.54. The number of terminal acetylenes is 1. The lowest BCUT2D eigenvalue weighted by Gasteiger charge is -2.27. The van der Waals surface area contributed by atoms with Crippen LogP contribution in [0, 0.1) is 17.8 Å². The van der Waals surface area contributed by atoms with E-state index in [1.54, 1.807) is 0 Å². The molecule has 0 bridgehead atoms. The lowest BCUT2D eigenvalue weighted by Crippen LogP contribution is -2.38. The van der Waals surface area contributed by atoms with E-state index >= 15 is 0 Å². The summed E-state index contributed by atoms with van der Waals surface area (Å²) in [6.07, 6.45) is 7.10. The molecule has 1 atom stereocenters. The lowest BCUT2D eigenvalue weighted by atomic mass is 9.91. The fourth-order valence-electron chi connectivity index (χ4n) is 2.26.